The zero-order chi connectivity index (χ0) is 22.8. The second kappa shape index (κ2) is 8.81. The van der Waals surface area contributed by atoms with E-state index in [1.165, 1.54) is 4.57 Å². The van der Waals surface area contributed by atoms with Gasteiger partial charge in [0.2, 0.25) is 0 Å². The Kier molecular flexibility index (Phi) is 5.93. The Morgan fingerprint density at radius 2 is 2.00 bits per heavy atom. The summed E-state index contributed by atoms with van der Waals surface area (Å²) in [6, 6.07) is 6.36. The topological polar surface area (TPSA) is 111 Å². The number of anilines is 3. The van der Waals surface area contributed by atoms with Gasteiger partial charge in [0.1, 0.15) is 23.3 Å². The Morgan fingerprint density at radius 3 is 2.66 bits per heavy atom. The minimum Gasteiger partial charge on any atom is -0.458 e. The molecule has 1 fully saturated rings. The largest absolute Gasteiger partial charge is 0.458 e. The van der Waals surface area contributed by atoms with Crippen LogP contribution in [0.3, 0.4) is 0 Å². The third kappa shape index (κ3) is 4.08. The molecule has 4 rings (SSSR count). The molecule has 0 spiro atoms. The van der Waals surface area contributed by atoms with Crippen molar-refractivity contribution in [3.8, 4) is 0 Å². The highest BCUT2D eigenvalue weighted by molar-refractivity contribution is 5.98. The molecule has 0 saturated heterocycles. The lowest BCUT2D eigenvalue weighted by Gasteiger charge is -2.19. The molecule has 10 heteroatoms. The number of carbonyl (C=O) groups excluding carboxylic acids is 1. The van der Waals surface area contributed by atoms with Crippen LogP contribution in [0.15, 0.2) is 35.3 Å². The van der Waals surface area contributed by atoms with E-state index in [0.717, 1.165) is 18.9 Å². The van der Waals surface area contributed by atoms with Gasteiger partial charge in [-0.15, -0.1) is 0 Å². The van der Waals surface area contributed by atoms with Crippen molar-refractivity contribution in [2.45, 2.75) is 32.4 Å². The van der Waals surface area contributed by atoms with E-state index >= 15 is 4.39 Å². The highest BCUT2D eigenvalue weighted by atomic mass is 19.1. The van der Waals surface area contributed by atoms with Gasteiger partial charge in [0.15, 0.2) is 17.1 Å². The molecule has 4 N–H and O–H groups in total. The lowest BCUT2D eigenvalue weighted by atomic mass is 10.1. The van der Waals surface area contributed by atoms with Crippen LogP contribution in [-0.2, 0) is 11.3 Å². The monoisotopic (exact) mass is 443 g/mol. The average Bonchev–Trinajstić information content (AvgIpc) is 3.61. The highest BCUT2D eigenvalue weighted by Crippen LogP contribution is 2.33. The second-order valence-corrected chi connectivity index (χ2v) is 7.45. The summed E-state index contributed by atoms with van der Waals surface area (Å²) in [5.41, 5.74) is 3.87. The molecule has 1 aliphatic carbocycles. The molecule has 0 amide bonds. The maximum Gasteiger partial charge on any atom is 0.355 e. The fourth-order valence-electron chi connectivity index (χ4n) is 3.49. The molecule has 1 saturated carbocycles. The maximum atomic E-state index is 15.5. The number of aryl methyl sites for hydroxylation is 1. The minimum absolute atomic E-state index is 0.0930. The van der Waals surface area contributed by atoms with E-state index in [9.17, 15) is 14.0 Å². The molecule has 0 bridgehead atoms. The van der Waals surface area contributed by atoms with E-state index in [-0.39, 0.29) is 35.8 Å². The smallest absolute Gasteiger partial charge is 0.355 e. The van der Waals surface area contributed by atoms with Crippen molar-refractivity contribution in [3.05, 3.63) is 58.0 Å². The number of nitrogens with one attached hydrogen (secondary N) is 2. The fraction of sp³-hybridized carbons (Fsp3) is 0.318. The number of nitrogens with zero attached hydrogens (tertiary/aromatic N) is 2. The third-order valence-electron chi connectivity index (χ3n) is 5.19. The number of ether oxygens (including phenoxy) is 1. The van der Waals surface area contributed by atoms with Crippen LogP contribution in [0.4, 0.5) is 26.0 Å². The second-order valence-electron chi connectivity index (χ2n) is 7.45. The van der Waals surface area contributed by atoms with Crippen molar-refractivity contribution in [2.75, 3.05) is 29.5 Å². The summed E-state index contributed by atoms with van der Waals surface area (Å²) in [7, 11) is 0. The first-order valence-electron chi connectivity index (χ1n) is 10.4. The molecule has 32 heavy (non-hydrogen) atoms. The van der Waals surface area contributed by atoms with Gasteiger partial charge >= 0.3 is 5.97 Å². The van der Waals surface area contributed by atoms with Crippen molar-refractivity contribution in [1.29, 1.82) is 0 Å². The Morgan fingerprint density at radius 1 is 1.25 bits per heavy atom. The number of aromatic nitrogens is 2. The molecule has 2 heterocycles. The number of nitrogen functional groups attached to an aromatic ring is 1. The number of benzene rings is 1. The van der Waals surface area contributed by atoms with Crippen LogP contribution in [0.1, 0.15) is 30.3 Å². The van der Waals surface area contributed by atoms with Gasteiger partial charge in [-0.3, -0.25) is 4.79 Å². The van der Waals surface area contributed by atoms with Crippen LogP contribution < -0.4 is 21.8 Å². The summed E-state index contributed by atoms with van der Waals surface area (Å²) >= 11 is 0. The van der Waals surface area contributed by atoms with Crippen molar-refractivity contribution in [2.24, 2.45) is 0 Å². The molecule has 8 nitrogen and oxygen atoms in total. The van der Waals surface area contributed by atoms with E-state index in [1.54, 1.807) is 25.3 Å². The Labute approximate surface area is 182 Å². The number of hydrogen-bond donors (Lipinski definition) is 3. The summed E-state index contributed by atoms with van der Waals surface area (Å²) in [6.45, 7) is 2.30. The van der Waals surface area contributed by atoms with Crippen LogP contribution in [0.5, 0.6) is 0 Å². The van der Waals surface area contributed by atoms with Gasteiger partial charge in [-0.05, 0) is 31.9 Å². The number of esters is 1. The van der Waals surface area contributed by atoms with Gasteiger partial charge < -0.3 is 25.7 Å². The van der Waals surface area contributed by atoms with Gasteiger partial charge in [0.05, 0.1) is 16.6 Å². The molecular weight excluding hydrogens is 420 g/mol. The molecule has 0 aliphatic heterocycles. The summed E-state index contributed by atoms with van der Waals surface area (Å²) in [6.07, 6.45) is 2.94. The summed E-state index contributed by atoms with van der Waals surface area (Å²) in [5, 5.41) is 5.41. The predicted octanol–water partition coefficient (Wildman–Crippen LogP) is 3.12. The fourth-order valence-corrected chi connectivity index (χ4v) is 3.49. The van der Waals surface area contributed by atoms with Crippen LogP contribution in [0.2, 0.25) is 0 Å². The number of halogens is 2. The Bertz CT molecular complexity index is 1230. The number of carbonyl (C=O) groups is 1. The molecule has 1 aromatic carbocycles. The lowest BCUT2D eigenvalue weighted by Crippen LogP contribution is -2.23. The number of nitrogens with two attached hydrogens (primary N) is 1. The van der Waals surface area contributed by atoms with Gasteiger partial charge in [0.25, 0.3) is 0 Å². The minimum atomic E-state index is -1.05. The molecule has 168 valence electrons. The van der Waals surface area contributed by atoms with Crippen molar-refractivity contribution in [3.63, 3.8) is 0 Å². The third-order valence-corrected chi connectivity index (χ3v) is 5.19. The normalized spacial score (nSPS) is 13.2. The number of fused-ring (bicyclic) bond motifs is 1. The van der Waals surface area contributed by atoms with Crippen molar-refractivity contribution < 1.29 is 18.3 Å². The molecule has 1 aliphatic rings. The average molecular weight is 443 g/mol. The lowest BCUT2D eigenvalue weighted by molar-refractivity contribution is 0.0459. The Balaban J connectivity index is 1.70. The van der Waals surface area contributed by atoms with Crippen LogP contribution in [0.25, 0.3) is 10.9 Å². The summed E-state index contributed by atoms with van der Waals surface area (Å²) in [4.78, 5) is 29.3. The van der Waals surface area contributed by atoms with Gasteiger partial charge in [0, 0.05) is 31.9 Å². The van der Waals surface area contributed by atoms with Gasteiger partial charge in [-0.1, -0.05) is 6.07 Å². The molecule has 3 aromatic rings. The molecule has 0 atom stereocenters. The SMILES string of the molecule is CCn1c(C(=O)OC2CC2)cc(=O)c2c(N)c(F)c(NCCNc3ccccn3)c(F)c21. The maximum absolute atomic E-state index is 15.5. The standard InChI is InChI=1S/C22H23F2N5O3/c1-2-29-13(22(31)32-12-6-7-12)11-14(30)16-19(25)17(23)20(18(24)21(16)29)28-10-9-27-15-5-3-4-8-26-15/h3-5,8,11-12,28H,2,6-7,9-10,25H2,1H3,(H,26,27). The van der Waals surface area contributed by atoms with Gasteiger partial charge in [-0.2, -0.15) is 0 Å². The number of hydrogen-bond acceptors (Lipinski definition) is 7. The molecule has 0 radical (unpaired) electrons. The van der Waals surface area contributed by atoms with Crippen molar-refractivity contribution >= 4 is 34.1 Å². The van der Waals surface area contributed by atoms with E-state index in [1.807, 2.05) is 6.07 Å². The number of rotatable bonds is 8. The first kappa shape index (κ1) is 21.5. The van der Waals surface area contributed by atoms with Crippen LogP contribution in [-0.4, -0.2) is 34.7 Å². The zero-order valence-electron chi connectivity index (χ0n) is 17.5. The molecule has 2 aromatic heterocycles. The predicted molar refractivity (Wildman–Crippen MR) is 118 cm³/mol. The van der Waals surface area contributed by atoms with Crippen LogP contribution in [0, 0.1) is 11.6 Å². The first-order chi connectivity index (χ1) is 15.4. The highest BCUT2D eigenvalue weighted by Gasteiger charge is 2.30. The summed E-state index contributed by atoms with van der Waals surface area (Å²) < 4.78 is 37.0. The Hall–Kier alpha value is -3.69. The molecular formula is C22H23F2N5O3. The van der Waals surface area contributed by atoms with E-state index in [0.29, 0.717) is 12.4 Å². The van der Waals surface area contributed by atoms with Crippen molar-refractivity contribution in [1.82, 2.24) is 9.55 Å². The number of pyridine rings is 2. The first-order valence-corrected chi connectivity index (χ1v) is 10.4. The molecule has 0 unspecified atom stereocenters. The van der Waals surface area contributed by atoms with Crippen LogP contribution >= 0.6 is 0 Å². The zero-order valence-corrected chi connectivity index (χ0v) is 17.5. The van der Waals surface area contributed by atoms with E-state index < -0.39 is 34.4 Å². The van der Waals surface area contributed by atoms with Gasteiger partial charge in [-0.25, -0.2) is 18.6 Å². The van der Waals surface area contributed by atoms with E-state index in [2.05, 4.69) is 15.6 Å². The quantitative estimate of drug-likeness (QED) is 0.279. The summed E-state index contributed by atoms with van der Waals surface area (Å²) in [5.74, 6) is -2.15. The van der Waals surface area contributed by atoms with E-state index in [4.69, 9.17) is 10.5 Å².